The number of carboxylic acid groups (broad SMARTS) is 1. The number of hydrogen-bond donors (Lipinski definition) is 1. The van der Waals surface area contributed by atoms with Gasteiger partial charge in [0.15, 0.2) is 6.10 Å². The highest BCUT2D eigenvalue weighted by atomic mass is 127. The molecule has 1 aromatic carbocycles. The summed E-state index contributed by atoms with van der Waals surface area (Å²) < 4.78 is 34.0. The highest BCUT2D eigenvalue weighted by Gasteiger charge is 2.53. The molecule has 0 amide bonds. The van der Waals surface area contributed by atoms with Crippen LogP contribution in [0, 0.1) is 9.49 Å². The van der Waals surface area contributed by atoms with Crippen molar-refractivity contribution in [2.75, 3.05) is 0 Å². The number of carbonyl (C=O) groups is 2. The van der Waals surface area contributed by atoms with Crippen molar-refractivity contribution in [1.82, 2.24) is 0 Å². The molecule has 23 heavy (non-hydrogen) atoms. The lowest BCUT2D eigenvalue weighted by Crippen LogP contribution is -2.48. The number of esters is 1. The number of carboxylic acids is 1. The summed E-state index contributed by atoms with van der Waals surface area (Å²) in [5.74, 6) is -7.91. The Bertz CT molecular complexity index is 568. The number of rotatable bonds is 5. The third kappa shape index (κ3) is 4.39. The van der Waals surface area contributed by atoms with E-state index in [0.29, 0.717) is 12.8 Å². The third-order valence-electron chi connectivity index (χ3n) is 4.03. The summed E-state index contributed by atoms with van der Waals surface area (Å²) >= 11 is 2.05. The molecule has 1 unspecified atom stereocenters. The van der Waals surface area contributed by atoms with Gasteiger partial charge in [-0.1, -0.05) is 19.3 Å². The minimum Gasteiger partial charge on any atom is -0.477 e. The van der Waals surface area contributed by atoms with Crippen molar-refractivity contribution < 1.29 is 28.2 Å². The molecule has 4 nitrogen and oxygen atoms in total. The molecule has 1 aliphatic rings. The molecule has 1 aromatic rings. The van der Waals surface area contributed by atoms with E-state index >= 15 is 0 Å². The molecule has 0 aliphatic heterocycles. The number of benzene rings is 1. The molecular weight excluding hydrogens is 421 g/mol. The van der Waals surface area contributed by atoms with E-state index in [1.54, 1.807) is 12.1 Å². The van der Waals surface area contributed by atoms with Crippen molar-refractivity contribution in [2.24, 2.45) is 5.92 Å². The van der Waals surface area contributed by atoms with E-state index in [2.05, 4.69) is 22.6 Å². The van der Waals surface area contributed by atoms with Crippen LogP contribution in [0.2, 0.25) is 0 Å². The van der Waals surface area contributed by atoms with E-state index < -0.39 is 29.9 Å². The highest BCUT2D eigenvalue weighted by molar-refractivity contribution is 14.1. The van der Waals surface area contributed by atoms with Gasteiger partial charge in [0, 0.05) is 9.49 Å². The predicted octanol–water partition coefficient (Wildman–Crippen LogP) is 4.12. The Morgan fingerprint density at radius 3 is 2.26 bits per heavy atom. The van der Waals surface area contributed by atoms with E-state index in [4.69, 9.17) is 9.84 Å². The molecule has 0 radical (unpaired) electrons. The molecule has 126 valence electrons. The molecule has 7 heteroatoms. The van der Waals surface area contributed by atoms with Crippen molar-refractivity contribution >= 4 is 34.5 Å². The summed E-state index contributed by atoms with van der Waals surface area (Å²) in [6.07, 6.45) is 1.33. The number of carbonyl (C=O) groups excluding carboxylic acids is 1. The van der Waals surface area contributed by atoms with Gasteiger partial charge in [-0.15, -0.1) is 0 Å². The number of ether oxygens (including phenoxy) is 1. The average molecular weight is 438 g/mol. The summed E-state index contributed by atoms with van der Waals surface area (Å²) in [6, 6.07) is 6.26. The van der Waals surface area contributed by atoms with Gasteiger partial charge in [-0.2, -0.15) is 8.78 Å². The van der Waals surface area contributed by atoms with Crippen molar-refractivity contribution in [1.29, 1.82) is 0 Å². The normalized spacial score (nSPS) is 17.5. The monoisotopic (exact) mass is 438 g/mol. The van der Waals surface area contributed by atoms with Crippen LogP contribution in [0.15, 0.2) is 24.3 Å². The minimum absolute atomic E-state index is 0.132. The maximum Gasteiger partial charge on any atom is 0.378 e. The number of alkyl halides is 2. The molecule has 0 aromatic heterocycles. The van der Waals surface area contributed by atoms with Gasteiger partial charge in [-0.05, 0) is 59.7 Å². The number of halogens is 3. The lowest BCUT2D eigenvalue weighted by atomic mass is 9.83. The first-order chi connectivity index (χ1) is 10.8. The fraction of sp³-hybridized carbons (Fsp3) is 0.500. The van der Waals surface area contributed by atoms with E-state index in [9.17, 15) is 18.4 Å². The van der Waals surface area contributed by atoms with Crippen LogP contribution in [0.3, 0.4) is 0 Å². The molecule has 1 fully saturated rings. The molecule has 1 saturated carbocycles. The summed E-state index contributed by atoms with van der Waals surface area (Å²) in [6.45, 7) is 0. The second-order valence-corrected chi connectivity index (χ2v) is 6.90. The SMILES string of the molecule is O=C(OC(C1CCCCC1)C(F)(F)C(=O)O)c1ccc(I)cc1. The van der Waals surface area contributed by atoms with Crippen molar-refractivity contribution in [2.45, 2.75) is 44.1 Å². The van der Waals surface area contributed by atoms with E-state index in [1.807, 2.05) is 0 Å². The quantitative estimate of drug-likeness (QED) is 0.555. The zero-order chi connectivity index (χ0) is 17.0. The fourth-order valence-corrected chi connectivity index (χ4v) is 3.15. The molecule has 2 rings (SSSR count). The Balaban J connectivity index is 2.21. The first-order valence-corrected chi connectivity index (χ1v) is 8.48. The zero-order valence-corrected chi connectivity index (χ0v) is 14.5. The van der Waals surface area contributed by atoms with Crippen LogP contribution in [-0.4, -0.2) is 29.1 Å². The van der Waals surface area contributed by atoms with Gasteiger partial charge < -0.3 is 9.84 Å². The van der Waals surface area contributed by atoms with Crippen molar-refractivity contribution in [3.05, 3.63) is 33.4 Å². The van der Waals surface area contributed by atoms with E-state index in [-0.39, 0.29) is 5.56 Å². The van der Waals surface area contributed by atoms with Crippen LogP contribution in [0.1, 0.15) is 42.5 Å². The Morgan fingerprint density at radius 1 is 1.17 bits per heavy atom. The van der Waals surface area contributed by atoms with Crippen LogP contribution in [-0.2, 0) is 9.53 Å². The maximum absolute atomic E-state index is 14.1. The zero-order valence-electron chi connectivity index (χ0n) is 12.3. The minimum atomic E-state index is -4.10. The Kier molecular flexibility index (Phi) is 5.94. The number of aliphatic carboxylic acids is 1. The van der Waals surface area contributed by atoms with Crippen LogP contribution in [0.25, 0.3) is 0 Å². The topological polar surface area (TPSA) is 63.6 Å². The summed E-state index contributed by atoms with van der Waals surface area (Å²) in [5.41, 5.74) is 0.132. The smallest absolute Gasteiger partial charge is 0.378 e. The molecule has 0 saturated heterocycles. The molecule has 1 atom stereocenters. The second-order valence-electron chi connectivity index (χ2n) is 5.66. The second kappa shape index (κ2) is 7.55. The van der Waals surface area contributed by atoms with Gasteiger partial charge in [0.25, 0.3) is 0 Å². The molecule has 1 aliphatic carbocycles. The van der Waals surface area contributed by atoms with E-state index in [1.165, 1.54) is 12.1 Å². The van der Waals surface area contributed by atoms with Crippen LogP contribution in [0.4, 0.5) is 8.78 Å². The van der Waals surface area contributed by atoms with Crippen LogP contribution < -0.4 is 0 Å². The van der Waals surface area contributed by atoms with Crippen molar-refractivity contribution in [3.63, 3.8) is 0 Å². The Labute approximate surface area is 146 Å². The molecule has 0 heterocycles. The van der Waals surface area contributed by atoms with Crippen molar-refractivity contribution in [3.8, 4) is 0 Å². The lowest BCUT2D eigenvalue weighted by molar-refractivity contribution is -0.189. The molecule has 0 bridgehead atoms. The Hall–Kier alpha value is -1.25. The lowest BCUT2D eigenvalue weighted by Gasteiger charge is -2.33. The number of hydrogen-bond acceptors (Lipinski definition) is 3. The van der Waals surface area contributed by atoms with Crippen LogP contribution >= 0.6 is 22.6 Å². The fourth-order valence-electron chi connectivity index (χ4n) is 2.79. The van der Waals surface area contributed by atoms with Gasteiger partial charge in [0.2, 0.25) is 0 Å². The average Bonchev–Trinajstić information content (AvgIpc) is 2.53. The van der Waals surface area contributed by atoms with Gasteiger partial charge in [0.1, 0.15) is 0 Å². The van der Waals surface area contributed by atoms with E-state index in [0.717, 1.165) is 22.8 Å². The standard InChI is InChI=1S/C16H17F2IO4/c17-16(18,15(21)22)13(10-4-2-1-3-5-10)23-14(20)11-6-8-12(19)9-7-11/h6-10,13H,1-5H2,(H,21,22). The first kappa shape index (κ1) is 18.1. The highest BCUT2D eigenvalue weighted by Crippen LogP contribution is 2.36. The van der Waals surface area contributed by atoms with Crippen LogP contribution in [0.5, 0.6) is 0 Å². The maximum atomic E-state index is 14.1. The predicted molar refractivity (Wildman–Crippen MR) is 87.5 cm³/mol. The first-order valence-electron chi connectivity index (χ1n) is 7.40. The Morgan fingerprint density at radius 2 is 1.74 bits per heavy atom. The third-order valence-corrected chi connectivity index (χ3v) is 4.75. The van der Waals surface area contributed by atoms with Gasteiger partial charge in [-0.25, -0.2) is 9.59 Å². The largest absolute Gasteiger partial charge is 0.477 e. The van der Waals surface area contributed by atoms with Gasteiger partial charge in [0.05, 0.1) is 5.56 Å². The summed E-state index contributed by atoms with van der Waals surface area (Å²) in [7, 11) is 0. The molecule has 0 spiro atoms. The molecular formula is C16H17F2IO4. The molecule has 1 N–H and O–H groups in total. The van der Waals surface area contributed by atoms with Gasteiger partial charge in [-0.3, -0.25) is 0 Å². The summed E-state index contributed by atoms with van der Waals surface area (Å²) in [5, 5.41) is 8.82. The van der Waals surface area contributed by atoms with Gasteiger partial charge >= 0.3 is 17.9 Å². The summed E-state index contributed by atoms with van der Waals surface area (Å²) in [4.78, 5) is 23.1.